The smallest absolute Gasteiger partial charge is 0.407 e. The van der Waals surface area contributed by atoms with Gasteiger partial charge in [-0.1, -0.05) is 0 Å². The SMILES string of the molecule is Cc1cc(Nc2cc3cc(-c4c(OCC5CCN5C(=O)O)cnn4C(F)F)ccn3n2)nn(C)c1=O. The Bertz CT molecular complexity index is 1490. The fourth-order valence-corrected chi connectivity index (χ4v) is 4.08. The number of alkyl halides is 2. The zero-order chi connectivity index (χ0) is 25.6. The number of amides is 1. The van der Waals surface area contributed by atoms with Crippen molar-refractivity contribution >= 4 is 23.2 Å². The van der Waals surface area contributed by atoms with Gasteiger partial charge in [0.2, 0.25) is 0 Å². The summed E-state index contributed by atoms with van der Waals surface area (Å²) in [6.07, 6.45) is 2.40. The second-order valence-electron chi connectivity index (χ2n) is 8.39. The first-order valence-electron chi connectivity index (χ1n) is 11.0. The minimum absolute atomic E-state index is 0.0310. The third-order valence-electron chi connectivity index (χ3n) is 6.00. The molecular formula is C22H22F2N8O4. The predicted molar refractivity (Wildman–Crippen MR) is 124 cm³/mol. The summed E-state index contributed by atoms with van der Waals surface area (Å²) < 4.78 is 36.5. The lowest BCUT2D eigenvalue weighted by Gasteiger charge is -2.38. The fraction of sp³-hybridized carbons (Fsp3) is 0.318. The zero-order valence-corrected chi connectivity index (χ0v) is 19.3. The van der Waals surface area contributed by atoms with Crippen LogP contribution in [0.4, 0.5) is 25.2 Å². The lowest BCUT2D eigenvalue weighted by atomic mass is 10.1. The summed E-state index contributed by atoms with van der Waals surface area (Å²) in [5.74, 6) is 0.992. The summed E-state index contributed by atoms with van der Waals surface area (Å²) in [7, 11) is 1.55. The van der Waals surface area contributed by atoms with Crippen LogP contribution in [-0.4, -0.2) is 64.5 Å². The Hall–Kier alpha value is -4.49. The predicted octanol–water partition coefficient (Wildman–Crippen LogP) is 2.87. The molecule has 1 fully saturated rings. The number of anilines is 2. The molecule has 5 heterocycles. The third kappa shape index (κ3) is 4.21. The number of hydrogen-bond donors (Lipinski definition) is 2. The van der Waals surface area contributed by atoms with Gasteiger partial charge >= 0.3 is 12.6 Å². The molecule has 1 amide bonds. The van der Waals surface area contributed by atoms with Crippen molar-refractivity contribution in [2.45, 2.75) is 25.9 Å². The van der Waals surface area contributed by atoms with Crippen LogP contribution in [0.15, 0.2) is 41.5 Å². The van der Waals surface area contributed by atoms with E-state index in [0.717, 1.165) is 0 Å². The molecule has 4 aromatic rings. The van der Waals surface area contributed by atoms with Crippen LogP contribution >= 0.6 is 0 Å². The molecule has 12 nitrogen and oxygen atoms in total. The van der Waals surface area contributed by atoms with Crippen LogP contribution in [0.1, 0.15) is 18.5 Å². The van der Waals surface area contributed by atoms with Gasteiger partial charge in [-0.05, 0) is 31.5 Å². The quantitative estimate of drug-likeness (QED) is 0.396. The molecule has 188 valence electrons. The van der Waals surface area contributed by atoms with Crippen LogP contribution in [0.25, 0.3) is 16.8 Å². The Kier molecular flexibility index (Phi) is 5.78. The van der Waals surface area contributed by atoms with Crippen LogP contribution in [0.2, 0.25) is 0 Å². The number of halogens is 2. The van der Waals surface area contributed by atoms with E-state index in [1.165, 1.54) is 15.8 Å². The largest absolute Gasteiger partial charge is 0.487 e. The van der Waals surface area contributed by atoms with Gasteiger partial charge in [0.05, 0.1) is 17.8 Å². The first-order valence-corrected chi connectivity index (χ1v) is 11.0. The lowest BCUT2D eigenvalue weighted by molar-refractivity contribution is 0.0493. The number of aromatic nitrogens is 6. The summed E-state index contributed by atoms with van der Waals surface area (Å²) in [6, 6.07) is 6.23. The average Bonchev–Trinajstić information content (AvgIpc) is 3.39. The number of nitrogens with one attached hydrogen (secondary N) is 1. The molecule has 0 radical (unpaired) electrons. The minimum atomic E-state index is -2.91. The topological polar surface area (TPSA) is 132 Å². The Morgan fingerprint density at radius 3 is 2.72 bits per heavy atom. The first-order chi connectivity index (χ1) is 17.2. The lowest BCUT2D eigenvalue weighted by Crippen LogP contribution is -2.53. The van der Waals surface area contributed by atoms with Crippen molar-refractivity contribution in [2.75, 3.05) is 18.5 Å². The minimum Gasteiger partial charge on any atom is -0.487 e. The van der Waals surface area contributed by atoms with E-state index in [2.05, 4.69) is 20.6 Å². The molecule has 1 atom stereocenters. The molecule has 1 aliphatic rings. The summed E-state index contributed by atoms with van der Waals surface area (Å²) >= 11 is 0. The molecule has 14 heteroatoms. The molecule has 4 aromatic heterocycles. The van der Waals surface area contributed by atoms with E-state index in [-0.39, 0.29) is 29.7 Å². The Labute approximate surface area is 202 Å². The number of pyridine rings is 1. The summed E-state index contributed by atoms with van der Waals surface area (Å²) in [6.45, 7) is -0.784. The molecule has 36 heavy (non-hydrogen) atoms. The number of likely N-dealkylation sites (tertiary alicyclic amines) is 1. The molecule has 1 unspecified atom stereocenters. The van der Waals surface area contributed by atoms with Crippen LogP contribution in [0.5, 0.6) is 5.75 Å². The van der Waals surface area contributed by atoms with Crippen molar-refractivity contribution in [2.24, 2.45) is 7.05 Å². The third-order valence-corrected chi connectivity index (χ3v) is 6.00. The number of fused-ring (bicyclic) bond motifs is 1. The molecule has 1 saturated heterocycles. The van der Waals surface area contributed by atoms with Gasteiger partial charge in [-0.15, -0.1) is 0 Å². The normalized spacial score (nSPS) is 15.4. The second-order valence-corrected chi connectivity index (χ2v) is 8.39. The van der Waals surface area contributed by atoms with Crippen LogP contribution < -0.4 is 15.6 Å². The maximum Gasteiger partial charge on any atom is 0.407 e. The van der Waals surface area contributed by atoms with Crippen molar-refractivity contribution in [1.82, 2.24) is 34.1 Å². The molecular weight excluding hydrogens is 478 g/mol. The number of aryl methyl sites for hydroxylation is 2. The van der Waals surface area contributed by atoms with E-state index in [1.807, 2.05) is 0 Å². The van der Waals surface area contributed by atoms with E-state index >= 15 is 0 Å². The van der Waals surface area contributed by atoms with Gasteiger partial charge in [0.25, 0.3) is 5.56 Å². The van der Waals surface area contributed by atoms with Gasteiger partial charge in [0.1, 0.15) is 12.3 Å². The van der Waals surface area contributed by atoms with E-state index in [0.29, 0.717) is 45.9 Å². The number of ether oxygens (including phenoxy) is 1. The van der Waals surface area contributed by atoms with Gasteiger partial charge in [-0.25, -0.2) is 14.0 Å². The van der Waals surface area contributed by atoms with Crippen molar-refractivity contribution in [3.63, 3.8) is 0 Å². The van der Waals surface area contributed by atoms with Crippen molar-refractivity contribution in [3.05, 3.63) is 52.6 Å². The highest BCUT2D eigenvalue weighted by Crippen LogP contribution is 2.34. The van der Waals surface area contributed by atoms with E-state index in [1.54, 1.807) is 48.9 Å². The van der Waals surface area contributed by atoms with Gasteiger partial charge < -0.3 is 20.1 Å². The maximum absolute atomic E-state index is 13.7. The standard InChI is InChI=1S/C22H22F2N8O4/c1-12-7-17(27-29(2)20(12)33)26-18-9-15-8-13(3-6-31(15)28-18)19-16(10-25-32(19)21(23)24)36-11-14-4-5-30(14)22(34)35/h3,6-10,14,21H,4-5,11H2,1-2H3,(H,34,35)(H,26,27,28). The Morgan fingerprint density at radius 1 is 1.28 bits per heavy atom. The number of carboxylic acid groups (broad SMARTS) is 1. The molecule has 0 bridgehead atoms. The monoisotopic (exact) mass is 500 g/mol. The highest BCUT2D eigenvalue weighted by Gasteiger charge is 2.33. The summed E-state index contributed by atoms with van der Waals surface area (Å²) in [5.41, 5.74) is 1.39. The van der Waals surface area contributed by atoms with E-state index in [9.17, 15) is 18.4 Å². The van der Waals surface area contributed by atoms with Crippen LogP contribution in [0, 0.1) is 6.92 Å². The summed E-state index contributed by atoms with van der Waals surface area (Å²) in [4.78, 5) is 24.3. The number of nitrogens with zero attached hydrogens (tertiary/aromatic N) is 7. The number of hydrogen-bond acceptors (Lipinski definition) is 7. The first kappa shape index (κ1) is 23.3. The Balaban J connectivity index is 1.43. The van der Waals surface area contributed by atoms with Gasteiger partial charge in [0, 0.05) is 37.0 Å². The molecule has 0 saturated carbocycles. The molecule has 0 aromatic carbocycles. The van der Waals surface area contributed by atoms with E-state index < -0.39 is 12.6 Å². The average molecular weight is 500 g/mol. The highest BCUT2D eigenvalue weighted by atomic mass is 19.3. The van der Waals surface area contributed by atoms with Crippen molar-refractivity contribution < 1.29 is 23.4 Å². The number of carbonyl (C=O) groups is 1. The van der Waals surface area contributed by atoms with Crippen LogP contribution in [-0.2, 0) is 7.05 Å². The fourth-order valence-electron chi connectivity index (χ4n) is 4.08. The van der Waals surface area contributed by atoms with Crippen molar-refractivity contribution in [3.8, 4) is 17.0 Å². The maximum atomic E-state index is 13.7. The number of rotatable bonds is 7. The van der Waals surface area contributed by atoms with Gasteiger partial charge in [-0.3, -0.25) is 4.79 Å². The molecule has 1 aliphatic heterocycles. The second kappa shape index (κ2) is 8.94. The molecule has 2 N–H and O–H groups in total. The van der Waals surface area contributed by atoms with Crippen molar-refractivity contribution in [1.29, 1.82) is 0 Å². The molecule has 5 rings (SSSR count). The molecule has 0 spiro atoms. The van der Waals surface area contributed by atoms with E-state index in [4.69, 9.17) is 9.84 Å². The molecule has 0 aliphatic carbocycles. The summed E-state index contributed by atoms with van der Waals surface area (Å²) in [5, 5.41) is 24.5. The van der Waals surface area contributed by atoms with Crippen LogP contribution in [0.3, 0.4) is 0 Å². The van der Waals surface area contributed by atoms with Gasteiger partial charge in [-0.2, -0.15) is 28.8 Å². The Morgan fingerprint density at radius 2 is 2.06 bits per heavy atom. The zero-order valence-electron chi connectivity index (χ0n) is 19.3. The highest BCUT2D eigenvalue weighted by molar-refractivity contribution is 5.73. The van der Waals surface area contributed by atoms with Gasteiger partial charge in [0.15, 0.2) is 17.4 Å².